The van der Waals surface area contributed by atoms with Gasteiger partial charge >= 0.3 is 5.69 Å². The van der Waals surface area contributed by atoms with E-state index >= 15 is 0 Å². The highest BCUT2D eigenvalue weighted by molar-refractivity contribution is 5.78. The molecule has 1 atom stereocenters. The van der Waals surface area contributed by atoms with Gasteiger partial charge < -0.3 is 14.7 Å². The zero-order valence-electron chi connectivity index (χ0n) is 17.7. The van der Waals surface area contributed by atoms with Crippen LogP contribution in [0, 0.1) is 0 Å². The van der Waals surface area contributed by atoms with Gasteiger partial charge in [0.15, 0.2) is 0 Å². The number of carbonyl (C=O) groups excluding carboxylic acids is 1. The van der Waals surface area contributed by atoms with Gasteiger partial charge in [-0.05, 0) is 32.0 Å². The van der Waals surface area contributed by atoms with E-state index in [2.05, 4.69) is 0 Å². The first-order chi connectivity index (χ1) is 14.4. The van der Waals surface area contributed by atoms with Crippen LogP contribution in [-0.2, 0) is 24.9 Å². The molecule has 30 heavy (non-hydrogen) atoms. The Kier molecular flexibility index (Phi) is 6.95. The first-order valence-corrected chi connectivity index (χ1v) is 10.2. The molecule has 1 N–H and O–H groups in total. The molecule has 1 aromatic heterocycles. The van der Waals surface area contributed by atoms with Crippen LogP contribution in [0.2, 0.25) is 0 Å². The number of ether oxygens (including phenoxy) is 1. The number of hydrogen-bond donors (Lipinski definition) is 1. The molecule has 160 valence electrons. The van der Waals surface area contributed by atoms with Gasteiger partial charge in [0.1, 0.15) is 5.75 Å². The predicted molar refractivity (Wildman–Crippen MR) is 117 cm³/mol. The summed E-state index contributed by atoms with van der Waals surface area (Å²) >= 11 is 0. The van der Waals surface area contributed by atoms with E-state index in [1.807, 2.05) is 55.5 Å². The monoisotopic (exact) mass is 411 g/mol. The van der Waals surface area contributed by atoms with Gasteiger partial charge in [-0.15, -0.1) is 0 Å². The number of aryl methyl sites for hydroxylation is 2. The maximum absolute atomic E-state index is 13.0. The number of aliphatic hydroxyl groups excluding tert-OH is 1. The van der Waals surface area contributed by atoms with Crippen molar-refractivity contribution in [3.8, 4) is 5.75 Å². The minimum atomic E-state index is -0.659. The minimum absolute atomic E-state index is 0.123. The quantitative estimate of drug-likeness (QED) is 0.587. The summed E-state index contributed by atoms with van der Waals surface area (Å²) in [7, 11) is 1.73. The average molecular weight is 412 g/mol. The summed E-state index contributed by atoms with van der Waals surface area (Å²) < 4.78 is 8.89. The molecule has 0 spiro atoms. The van der Waals surface area contributed by atoms with Crippen LogP contribution in [0.1, 0.15) is 25.8 Å². The minimum Gasteiger partial charge on any atom is -0.494 e. The van der Waals surface area contributed by atoms with E-state index in [4.69, 9.17) is 4.74 Å². The number of nitrogens with zero attached hydrogens (tertiary/aromatic N) is 3. The summed E-state index contributed by atoms with van der Waals surface area (Å²) in [6.07, 6.45) is -0.495. The van der Waals surface area contributed by atoms with Gasteiger partial charge in [0.2, 0.25) is 5.91 Å². The first-order valence-electron chi connectivity index (χ1n) is 10.2. The topological polar surface area (TPSA) is 76.7 Å². The Morgan fingerprint density at radius 1 is 1.13 bits per heavy atom. The summed E-state index contributed by atoms with van der Waals surface area (Å²) in [4.78, 5) is 27.3. The Labute approximate surface area is 176 Å². The second kappa shape index (κ2) is 9.63. The van der Waals surface area contributed by atoms with Crippen LogP contribution < -0.4 is 10.4 Å². The van der Waals surface area contributed by atoms with Gasteiger partial charge in [-0.1, -0.05) is 30.3 Å². The van der Waals surface area contributed by atoms with Crippen molar-refractivity contribution < 1.29 is 14.6 Å². The van der Waals surface area contributed by atoms with Gasteiger partial charge in [0.05, 0.1) is 23.7 Å². The molecule has 1 heterocycles. The molecular formula is C23H29N3O4. The van der Waals surface area contributed by atoms with Gasteiger partial charge in [0, 0.05) is 38.7 Å². The van der Waals surface area contributed by atoms with Crippen LogP contribution in [0.5, 0.6) is 5.75 Å². The number of para-hydroxylation sites is 3. The largest absolute Gasteiger partial charge is 0.494 e. The molecule has 2 aromatic carbocycles. The normalized spacial score (nSPS) is 12.1. The number of aromatic nitrogens is 2. The summed E-state index contributed by atoms with van der Waals surface area (Å²) in [5.41, 5.74) is 2.38. The van der Waals surface area contributed by atoms with Gasteiger partial charge in [-0.25, -0.2) is 4.79 Å². The highest BCUT2D eigenvalue weighted by atomic mass is 16.5. The molecule has 0 aliphatic carbocycles. The van der Waals surface area contributed by atoms with Crippen molar-refractivity contribution in [1.29, 1.82) is 0 Å². The number of amides is 1. The molecule has 7 heteroatoms. The number of rotatable bonds is 9. The SMILES string of the molecule is CCOc1ccccc1CN(CC(C)O)C(=O)CCn1c(=O)n(C)c2ccccc21. The van der Waals surface area contributed by atoms with Gasteiger partial charge in [-0.3, -0.25) is 13.9 Å². The van der Waals surface area contributed by atoms with Crippen LogP contribution in [0.4, 0.5) is 0 Å². The standard InChI is InChI=1S/C23H29N3O4/c1-4-30-21-12-8-5-9-18(21)16-25(15-17(2)27)22(28)13-14-26-20-11-7-6-10-19(20)24(3)23(26)29/h5-12,17,27H,4,13-16H2,1-3H3. The molecule has 0 aliphatic heterocycles. The third kappa shape index (κ3) is 4.74. The molecule has 0 aliphatic rings. The summed E-state index contributed by atoms with van der Waals surface area (Å²) in [5.74, 6) is 0.607. The number of carbonyl (C=O) groups is 1. The Morgan fingerprint density at radius 3 is 2.50 bits per heavy atom. The molecule has 0 fully saturated rings. The summed E-state index contributed by atoms with van der Waals surface area (Å²) in [6.45, 7) is 4.93. The smallest absolute Gasteiger partial charge is 0.328 e. The third-order valence-electron chi connectivity index (χ3n) is 5.07. The number of hydrogen-bond acceptors (Lipinski definition) is 4. The van der Waals surface area contributed by atoms with E-state index in [0.717, 1.165) is 22.3 Å². The first kappa shape index (κ1) is 21.6. The van der Waals surface area contributed by atoms with E-state index in [-0.39, 0.29) is 31.1 Å². The lowest BCUT2D eigenvalue weighted by Crippen LogP contribution is -2.37. The molecule has 1 amide bonds. The second-order valence-electron chi connectivity index (χ2n) is 7.40. The van der Waals surface area contributed by atoms with E-state index < -0.39 is 6.10 Å². The van der Waals surface area contributed by atoms with Crippen LogP contribution in [0.15, 0.2) is 53.3 Å². The second-order valence-corrected chi connectivity index (χ2v) is 7.40. The van der Waals surface area contributed by atoms with Crippen LogP contribution >= 0.6 is 0 Å². The fraction of sp³-hybridized carbons (Fsp3) is 0.391. The fourth-order valence-electron chi connectivity index (χ4n) is 3.65. The Morgan fingerprint density at radius 2 is 1.80 bits per heavy atom. The molecule has 0 bridgehead atoms. The number of fused-ring (bicyclic) bond motifs is 1. The predicted octanol–water partition coefficient (Wildman–Crippen LogP) is 2.54. The van der Waals surface area contributed by atoms with Crippen LogP contribution in [-0.4, -0.2) is 44.3 Å². The Hall–Kier alpha value is -3.06. The number of imidazole rings is 1. The van der Waals surface area contributed by atoms with Crippen molar-refractivity contribution in [3.63, 3.8) is 0 Å². The van der Waals surface area contributed by atoms with E-state index in [1.165, 1.54) is 0 Å². The highest BCUT2D eigenvalue weighted by Gasteiger charge is 2.19. The van der Waals surface area contributed by atoms with E-state index in [0.29, 0.717) is 13.2 Å². The van der Waals surface area contributed by atoms with E-state index in [1.54, 1.807) is 28.0 Å². The maximum Gasteiger partial charge on any atom is 0.328 e. The average Bonchev–Trinajstić information content (AvgIpc) is 2.97. The van der Waals surface area contributed by atoms with Gasteiger partial charge in [-0.2, -0.15) is 0 Å². The van der Waals surface area contributed by atoms with Gasteiger partial charge in [0.25, 0.3) is 0 Å². The fourth-order valence-corrected chi connectivity index (χ4v) is 3.65. The summed E-state index contributed by atoms with van der Waals surface area (Å²) in [6, 6.07) is 15.1. The van der Waals surface area contributed by atoms with Crippen molar-refractivity contribution >= 4 is 16.9 Å². The van der Waals surface area contributed by atoms with Crippen LogP contribution in [0.3, 0.4) is 0 Å². The van der Waals surface area contributed by atoms with Crippen molar-refractivity contribution in [3.05, 3.63) is 64.6 Å². The molecule has 0 saturated heterocycles. The molecular weight excluding hydrogens is 382 g/mol. The maximum atomic E-state index is 13.0. The zero-order chi connectivity index (χ0) is 21.7. The van der Waals surface area contributed by atoms with E-state index in [9.17, 15) is 14.7 Å². The molecule has 3 rings (SSSR count). The summed E-state index contributed by atoms with van der Waals surface area (Å²) in [5, 5.41) is 9.91. The third-order valence-corrected chi connectivity index (χ3v) is 5.07. The number of aliphatic hydroxyl groups is 1. The van der Waals surface area contributed by atoms with Crippen molar-refractivity contribution in [2.24, 2.45) is 7.05 Å². The lowest BCUT2D eigenvalue weighted by Gasteiger charge is -2.25. The lowest BCUT2D eigenvalue weighted by molar-refractivity contribution is -0.133. The van der Waals surface area contributed by atoms with Crippen molar-refractivity contribution in [1.82, 2.24) is 14.0 Å². The molecule has 0 saturated carbocycles. The highest BCUT2D eigenvalue weighted by Crippen LogP contribution is 2.21. The molecule has 1 unspecified atom stereocenters. The van der Waals surface area contributed by atoms with Crippen LogP contribution in [0.25, 0.3) is 11.0 Å². The Bertz CT molecular complexity index is 1070. The van der Waals surface area contributed by atoms with Crippen molar-refractivity contribution in [2.45, 2.75) is 39.5 Å². The molecule has 0 radical (unpaired) electrons. The number of benzene rings is 2. The Balaban J connectivity index is 1.79. The lowest BCUT2D eigenvalue weighted by atomic mass is 10.1. The molecule has 3 aromatic rings. The molecule has 7 nitrogen and oxygen atoms in total. The zero-order valence-corrected chi connectivity index (χ0v) is 17.7. The van der Waals surface area contributed by atoms with Crippen molar-refractivity contribution in [2.75, 3.05) is 13.2 Å².